The van der Waals surface area contributed by atoms with Gasteiger partial charge in [0.2, 0.25) is 0 Å². The highest BCUT2D eigenvalue weighted by molar-refractivity contribution is 5.93. The predicted octanol–water partition coefficient (Wildman–Crippen LogP) is 0.878. The van der Waals surface area contributed by atoms with Crippen molar-refractivity contribution in [2.24, 2.45) is 7.05 Å². The van der Waals surface area contributed by atoms with E-state index in [0.717, 1.165) is 25.9 Å². The van der Waals surface area contributed by atoms with E-state index in [-0.39, 0.29) is 5.91 Å². The normalized spacial score (nSPS) is 16.1. The third-order valence-electron chi connectivity index (χ3n) is 4.36. The lowest BCUT2D eigenvalue weighted by atomic mass is 9.91. The molecule has 0 aromatic carbocycles. The van der Waals surface area contributed by atoms with Crippen LogP contribution in [0.2, 0.25) is 0 Å². The maximum Gasteiger partial charge on any atom is 0.256 e. The molecule has 1 saturated heterocycles. The Bertz CT molecular complexity index is 844. The van der Waals surface area contributed by atoms with Crippen LogP contribution in [0.1, 0.15) is 34.7 Å². The lowest BCUT2D eigenvalue weighted by Crippen LogP contribution is -2.38. The molecule has 0 atom stereocenters. The molecule has 1 aliphatic heterocycles. The van der Waals surface area contributed by atoms with E-state index in [1.165, 1.54) is 16.4 Å². The van der Waals surface area contributed by atoms with E-state index in [2.05, 4.69) is 26.4 Å². The van der Waals surface area contributed by atoms with Crippen LogP contribution >= 0.6 is 0 Å². The van der Waals surface area contributed by atoms with E-state index in [0.29, 0.717) is 17.3 Å². The number of fused-ring (bicyclic) bond motifs is 1. The third-order valence-corrected chi connectivity index (χ3v) is 4.36. The monoisotopic (exact) mass is 311 g/mol. The largest absolute Gasteiger partial charge is 0.339 e. The number of rotatable bonds is 2. The number of aromatic nitrogens is 6. The van der Waals surface area contributed by atoms with Crippen LogP contribution in [-0.4, -0.2) is 53.3 Å². The highest BCUT2D eigenvalue weighted by Gasteiger charge is 2.25. The highest BCUT2D eigenvalue weighted by atomic mass is 16.2. The predicted molar refractivity (Wildman–Crippen MR) is 81.9 cm³/mol. The second-order valence-corrected chi connectivity index (χ2v) is 5.86. The molecule has 0 N–H and O–H groups in total. The van der Waals surface area contributed by atoms with E-state index < -0.39 is 0 Å². The van der Waals surface area contributed by atoms with Gasteiger partial charge < -0.3 is 4.90 Å². The van der Waals surface area contributed by atoms with Gasteiger partial charge in [-0.05, 0) is 24.3 Å². The van der Waals surface area contributed by atoms with Crippen LogP contribution in [0.5, 0.6) is 0 Å². The lowest BCUT2D eigenvalue weighted by Gasteiger charge is -2.31. The number of nitrogens with zero attached hydrogens (tertiary/aromatic N) is 7. The molecular weight excluding hydrogens is 294 g/mol. The van der Waals surface area contributed by atoms with Crippen LogP contribution in [0.3, 0.4) is 0 Å². The molecule has 8 nitrogen and oxygen atoms in total. The number of aryl methyl sites for hydroxylation is 1. The number of amides is 1. The summed E-state index contributed by atoms with van der Waals surface area (Å²) in [5.41, 5.74) is 1.80. The Morgan fingerprint density at radius 2 is 1.96 bits per heavy atom. The van der Waals surface area contributed by atoms with E-state index in [9.17, 15) is 4.79 Å². The van der Waals surface area contributed by atoms with Gasteiger partial charge in [-0.25, -0.2) is 9.50 Å². The number of piperidine rings is 1. The summed E-state index contributed by atoms with van der Waals surface area (Å²) in [7, 11) is 1.93. The van der Waals surface area contributed by atoms with Gasteiger partial charge >= 0.3 is 0 Å². The first-order valence-electron chi connectivity index (χ1n) is 7.64. The molecule has 1 aliphatic rings. The van der Waals surface area contributed by atoms with Gasteiger partial charge in [0.1, 0.15) is 6.33 Å². The molecule has 8 heteroatoms. The summed E-state index contributed by atoms with van der Waals surface area (Å²) >= 11 is 0. The SMILES string of the molecule is Cn1cc(C2CCN(C(=O)c3cnc4ncnn4c3)CC2)cn1. The van der Waals surface area contributed by atoms with Crippen molar-refractivity contribution in [2.45, 2.75) is 18.8 Å². The van der Waals surface area contributed by atoms with E-state index in [4.69, 9.17) is 0 Å². The fraction of sp³-hybridized carbons (Fsp3) is 0.400. The second-order valence-electron chi connectivity index (χ2n) is 5.86. The molecule has 0 radical (unpaired) electrons. The Balaban J connectivity index is 1.46. The first-order valence-corrected chi connectivity index (χ1v) is 7.64. The third kappa shape index (κ3) is 2.56. The molecule has 3 aromatic rings. The molecule has 118 valence electrons. The molecular formula is C15H17N7O. The van der Waals surface area contributed by atoms with Crippen LogP contribution in [0.4, 0.5) is 0 Å². The fourth-order valence-electron chi connectivity index (χ4n) is 3.08. The molecule has 0 bridgehead atoms. The molecule has 0 saturated carbocycles. The van der Waals surface area contributed by atoms with Crippen molar-refractivity contribution in [1.29, 1.82) is 0 Å². The van der Waals surface area contributed by atoms with Crippen LogP contribution in [0.25, 0.3) is 5.78 Å². The number of carbonyl (C=O) groups is 1. The Hall–Kier alpha value is -2.77. The topological polar surface area (TPSA) is 81.2 Å². The summed E-state index contributed by atoms with van der Waals surface area (Å²) in [6.45, 7) is 1.49. The van der Waals surface area contributed by atoms with Gasteiger partial charge in [-0.3, -0.25) is 9.48 Å². The number of hydrogen-bond donors (Lipinski definition) is 0. The van der Waals surface area contributed by atoms with Gasteiger partial charge in [0.15, 0.2) is 0 Å². The average molecular weight is 311 g/mol. The number of hydrogen-bond acceptors (Lipinski definition) is 5. The van der Waals surface area contributed by atoms with Crippen LogP contribution in [0, 0.1) is 0 Å². The first kappa shape index (κ1) is 13.9. The van der Waals surface area contributed by atoms with Gasteiger partial charge in [-0.1, -0.05) is 0 Å². The van der Waals surface area contributed by atoms with Gasteiger partial charge in [0.05, 0.1) is 11.8 Å². The summed E-state index contributed by atoms with van der Waals surface area (Å²) < 4.78 is 3.35. The van der Waals surface area contributed by atoms with Gasteiger partial charge in [-0.2, -0.15) is 15.2 Å². The molecule has 23 heavy (non-hydrogen) atoms. The Kier molecular flexibility index (Phi) is 3.29. The number of carbonyl (C=O) groups excluding carboxylic acids is 1. The number of likely N-dealkylation sites (tertiary alicyclic amines) is 1. The van der Waals surface area contributed by atoms with E-state index in [1.807, 2.05) is 22.8 Å². The minimum Gasteiger partial charge on any atom is -0.339 e. The maximum absolute atomic E-state index is 12.6. The zero-order chi connectivity index (χ0) is 15.8. The standard InChI is InChI=1S/C15H17N7O/c1-20-8-12(7-18-20)11-2-4-21(5-3-11)14(23)13-6-16-15-17-10-19-22(15)9-13/h6-11H,2-5H2,1H3. The van der Waals surface area contributed by atoms with Gasteiger partial charge in [0, 0.05) is 38.7 Å². The minimum absolute atomic E-state index is 0.000429. The zero-order valence-electron chi connectivity index (χ0n) is 12.8. The average Bonchev–Trinajstić information content (AvgIpc) is 3.22. The molecule has 0 unspecified atom stereocenters. The van der Waals surface area contributed by atoms with Crippen molar-refractivity contribution < 1.29 is 4.79 Å². The van der Waals surface area contributed by atoms with E-state index >= 15 is 0 Å². The Labute approximate surface area is 132 Å². The van der Waals surface area contributed by atoms with Crippen molar-refractivity contribution in [1.82, 2.24) is 34.3 Å². The van der Waals surface area contributed by atoms with Crippen molar-refractivity contribution in [3.8, 4) is 0 Å². The zero-order valence-corrected chi connectivity index (χ0v) is 12.8. The Morgan fingerprint density at radius 1 is 1.13 bits per heavy atom. The smallest absolute Gasteiger partial charge is 0.256 e. The van der Waals surface area contributed by atoms with Crippen molar-refractivity contribution in [3.05, 3.63) is 42.2 Å². The summed E-state index contributed by atoms with van der Waals surface area (Å²) in [6.07, 6.45) is 10.6. The highest BCUT2D eigenvalue weighted by Crippen LogP contribution is 2.28. The molecule has 4 rings (SSSR count). The fourth-order valence-corrected chi connectivity index (χ4v) is 3.08. The van der Waals surface area contributed by atoms with Crippen LogP contribution in [0.15, 0.2) is 31.1 Å². The van der Waals surface area contributed by atoms with Crippen LogP contribution < -0.4 is 0 Å². The first-order chi connectivity index (χ1) is 11.2. The molecule has 0 aliphatic carbocycles. The van der Waals surface area contributed by atoms with Crippen molar-refractivity contribution >= 4 is 11.7 Å². The second kappa shape index (κ2) is 5.45. The summed E-state index contributed by atoms with van der Waals surface area (Å²) in [6, 6.07) is 0. The lowest BCUT2D eigenvalue weighted by molar-refractivity contribution is 0.0712. The summed E-state index contributed by atoms with van der Waals surface area (Å²) in [5.74, 6) is 0.972. The quantitative estimate of drug-likeness (QED) is 0.701. The minimum atomic E-state index is -0.000429. The maximum atomic E-state index is 12.6. The molecule has 0 spiro atoms. The summed E-state index contributed by atoms with van der Waals surface area (Å²) in [5, 5.41) is 8.25. The van der Waals surface area contributed by atoms with Crippen molar-refractivity contribution in [3.63, 3.8) is 0 Å². The van der Waals surface area contributed by atoms with E-state index in [1.54, 1.807) is 12.4 Å². The van der Waals surface area contributed by atoms with Gasteiger partial charge in [-0.15, -0.1) is 0 Å². The Morgan fingerprint density at radius 3 is 2.70 bits per heavy atom. The molecule has 3 aromatic heterocycles. The van der Waals surface area contributed by atoms with Crippen molar-refractivity contribution in [2.75, 3.05) is 13.1 Å². The molecule has 1 fully saturated rings. The molecule has 1 amide bonds. The summed E-state index contributed by atoms with van der Waals surface area (Å²) in [4.78, 5) is 22.6. The van der Waals surface area contributed by atoms with Crippen LogP contribution in [-0.2, 0) is 7.05 Å². The van der Waals surface area contributed by atoms with Gasteiger partial charge in [0.25, 0.3) is 11.7 Å². The molecule has 4 heterocycles.